The van der Waals surface area contributed by atoms with E-state index < -0.39 is 52.4 Å². The zero-order chi connectivity index (χ0) is 67.1. The molecular formula is C69H80Cl3N9O10S3. The Bertz CT molecular complexity index is 4320. The normalized spacial score (nSPS) is 18.8. The van der Waals surface area contributed by atoms with Gasteiger partial charge in [-0.2, -0.15) is 0 Å². The summed E-state index contributed by atoms with van der Waals surface area (Å²) in [7, 11) is -5.88. The summed E-state index contributed by atoms with van der Waals surface area (Å²) in [6, 6.07) is 49.4. The fraction of sp³-hybridized carbons (Fsp3) is 0.319. The standard InChI is InChI=1S/C24H27N3O4S.C19H19N3O2S.C15H22N2O2.C9H6ClNO2S.CH2Cl2.CH4/c1-24(2,3)31-23(28)27-15-20(17-8-5-4-6-9-17)21(16-27)26-32(29,30)22-11-7-10-18-14-25-13-12-19(18)22;23-25(24,19-8-4-7-15-11-20-10-9-16(15)19)22-18-13-21-12-17(18)14-5-2-1-3-6-14;1-15(2,3)19-14(18)17-9-12(13(16)10-17)11-7-5-4-6-8-11;10-14(12,13)9-3-1-2-7-6-11-5-4-8(7)9;2-1-3;/h4-14,20-21,26H,15-16H2,1-3H3;1-11,17-18,21-22H,12-13H2;4-8,12-13H,9-10,16H2,1-3H3;1-6H;1H2;1H4/t20-,21+;17-,18+;12-,13+;;;/m000.../s1. The van der Waals surface area contributed by atoms with Gasteiger partial charge in [0, 0.05) is 155 Å². The minimum Gasteiger partial charge on any atom is -0.444 e. The van der Waals surface area contributed by atoms with Crippen molar-refractivity contribution in [2.24, 2.45) is 5.73 Å². The first-order valence-corrected chi connectivity index (χ1v) is 36.2. The summed E-state index contributed by atoms with van der Waals surface area (Å²) in [6.07, 6.45) is 8.92. The van der Waals surface area contributed by atoms with Crippen LogP contribution in [0.15, 0.2) is 216 Å². The van der Waals surface area contributed by atoms with Crippen LogP contribution in [-0.4, -0.2) is 136 Å². The van der Waals surface area contributed by atoms with Crippen LogP contribution in [0, 0.1) is 0 Å². The molecule has 3 aliphatic rings. The van der Waals surface area contributed by atoms with Crippen molar-refractivity contribution >= 4 is 107 Å². The zero-order valence-corrected chi connectivity index (χ0v) is 56.9. The maximum atomic E-state index is 13.4. The van der Waals surface area contributed by atoms with Gasteiger partial charge in [0.25, 0.3) is 9.05 Å². The van der Waals surface area contributed by atoms with Gasteiger partial charge in [0.15, 0.2) is 0 Å². The molecule has 19 nitrogen and oxygen atoms in total. The van der Waals surface area contributed by atoms with Gasteiger partial charge in [-0.1, -0.05) is 135 Å². The fourth-order valence-corrected chi connectivity index (χ4v) is 15.2. The van der Waals surface area contributed by atoms with Crippen LogP contribution in [0.4, 0.5) is 9.59 Å². The number of amides is 2. The van der Waals surface area contributed by atoms with E-state index in [0.717, 1.165) is 33.8 Å². The molecule has 5 N–H and O–H groups in total. The average Bonchev–Trinajstić information content (AvgIpc) is 1.10. The van der Waals surface area contributed by atoms with Crippen molar-refractivity contribution in [2.75, 3.05) is 44.6 Å². The number of fused-ring (bicyclic) bond motifs is 3. The Kier molecular flexibility index (Phi) is 25.9. The monoisotopic (exact) mass is 1400 g/mol. The molecule has 3 aromatic heterocycles. The molecule has 12 rings (SSSR count). The third kappa shape index (κ3) is 20.1. The highest BCUT2D eigenvalue weighted by molar-refractivity contribution is 8.14. The van der Waals surface area contributed by atoms with Gasteiger partial charge in [0.05, 0.1) is 20.0 Å². The first kappa shape index (κ1) is 74.1. The molecule has 500 valence electrons. The SMILES string of the molecule is C.CC(C)(C)OC(=O)N1C[C@@H](N)[C@H](c2ccccc2)C1.CC(C)(C)OC(=O)N1C[C@@H](NS(=O)(=O)c2cccc3cnccc23)[C@H](c2ccccc2)C1.ClCCl.O=S(=O)(Cl)c1cccc2cnccc12.O=S(=O)(N[C@@H]1CNC[C@H]1c1ccccc1)c1cccc2cnccc12. The van der Waals surface area contributed by atoms with Gasteiger partial charge >= 0.3 is 12.2 Å². The number of aromatic nitrogens is 3. The summed E-state index contributed by atoms with van der Waals surface area (Å²) >= 11 is 9.53. The molecule has 3 saturated heterocycles. The third-order valence-electron chi connectivity index (χ3n) is 15.3. The number of benzene rings is 6. The van der Waals surface area contributed by atoms with Crippen molar-refractivity contribution in [3.05, 3.63) is 218 Å². The third-order valence-corrected chi connectivity index (χ3v) is 19.7. The largest absolute Gasteiger partial charge is 0.444 e. The van der Waals surface area contributed by atoms with Crippen molar-refractivity contribution in [3.63, 3.8) is 0 Å². The molecule has 0 bridgehead atoms. The molecule has 3 fully saturated rings. The lowest BCUT2D eigenvalue weighted by atomic mass is 9.95. The number of nitrogens with zero attached hydrogens (tertiary/aromatic N) is 5. The van der Waals surface area contributed by atoms with Crippen LogP contribution in [-0.2, 0) is 38.6 Å². The highest BCUT2D eigenvalue weighted by Gasteiger charge is 2.41. The summed E-state index contributed by atoms with van der Waals surface area (Å²) < 4.78 is 91.9. The Hall–Kier alpha value is -7.35. The number of sulfonamides is 2. The van der Waals surface area contributed by atoms with Gasteiger partial charge in [-0.15, -0.1) is 23.2 Å². The summed E-state index contributed by atoms with van der Waals surface area (Å²) in [5.41, 5.74) is 8.34. The topological polar surface area (TPSA) is 262 Å². The van der Waals surface area contributed by atoms with Gasteiger partial charge in [0.1, 0.15) is 11.2 Å². The number of nitrogens with two attached hydrogens (primary N) is 1. The average molecular weight is 1400 g/mol. The smallest absolute Gasteiger partial charge is 0.410 e. The number of carbonyl (C=O) groups is 2. The van der Waals surface area contributed by atoms with Crippen LogP contribution in [0.2, 0.25) is 0 Å². The maximum Gasteiger partial charge on any atom is 0.410 e. The number of likely N-dealkylation sites (tertiary alicyclic amines) is 2. The van der Waals surface area contributed by atoms with E-state index in [4.69, 9.17) is 49.1 Å². The number of alkyl halides is 2. The van der Waals surface area contributed by atoms with E-state index in [0.29, 0.717) is 47.2 Å². The Labute approximate surface area is 566 Å². The summed E-state index contributed by atoms with van der Waals surface area (Å²) in [4.78, 5) is 40.7. The molecule has 6 atom stereocenters. The molecule has 94 heavy (non-hydrogen) atoms. The predicted octanol–water partition coefficient (Wildman–Crippen LogP) is 12.8. The highest BCUT2D eigenvalue weighted by atomic mass is 35.7. The quantitative estimate of drug-likeness (QED) is 0.0733. The molecule has 0 spiro atoms. The molecule has 2 amide bonds. The Morgan fingerprint density at radius 3 is 1.28 bits per heavy atom. The second-order valence-corrected chi connectivity index (χ2v) is 30.9. The van der Waals surface area contributed by atoms with Crippen LogP contribution in [0.25, 0.3) is 32.3 Å². The van der Waals surface area contributed by atoms with Crippen LogP contribution in [0.3, 0.4) is 0 Å². The van der Waals surface area contributed by atoms with Crippen molar-refractivity contribution in [1.82, 2.24) is 39.5 Å². The van der Waals surface area contributed by atoms with Crippen LogP contribution >= 0.6 is 33.9 Å². The summed E-state index contributed by atoms with van der Waals surface area (Å²) in [5.74, 6) is 0.108. The van der Waals surface area contributed by atoms with E-state index in [-0.39, 0.29) is 65.0 Å². The molecule has 25 heteroatoms. The second-order valence-electron chi connectivity index (χ2n) is 24.2. The van der Waals surface area contributed by atoms with Crippen LogP contribution in [0.5, 0.6) is 0 Å². The van der Waals surface area contributed by atoms with E-state index in [1.54, 1.807) is 95.4 Å². The van der Waals surface area contributed by atoms with Crippen LogP contribution < -0.4 is 20.5 Å². The zero-order valence-electron chi connectivity index (χ0n) is 52.2. The minimum atomic E-state index is -3.85. The minimum absolute atomic E-state index is 0. The molecule has 0 saturated carbocycles. The number of halogens is 3. The van der Waals surface area contributed by atoms with E-state index in [1.165, 1.54) is 17.8 Å². The number of nitrogens with one attached hydrogen (secondary N) is 3. The van der Waals surface area contributed by atoms with Crippen molar-refractivity contribution < 1.29 is 44.3 Å². The number of hydrogen-bond acceptors (Lipinski definition) is 15. The lowest BCUT2D eigenvalue weighted by molar-refractivity contribution is 0.0280. The molecule has 3 aliphatic heterocycles. The lowest BCUT2D eigenvalue weighted by Gasteiger charge is -2.24. The number of ether oxygens (including phenoxy) is 2. The van der Waals surface area contributed by atoms with Gasteiger partial charge in [-0.25, -0.2) is 44.3 Å². The predicted molar refractivity (Wildman–Crippen MR) is 374 cm³/mol. The number of rotatable bonds is 10. The molecule has 6 aromatic carbocycles. The second kappa shape index (κ2) is 32.9. The Balaban J connectivity index is 0.000000181. The molecule has 6 heterocycles. The van der Waals surface area contributed by atoms with Gasteiger partial charge < -0.3 is 30.3 Å². The van der Waals surface area contributed by atoms with Crippen LogP contribution in [0.1, 0.15) is 83.4 Å². The maximum absolute atomic E-state index is 13.4. The van der Waals surface area contributed by atoms with Gasteiger partial charge in [0.2, 0.25) is 20.0 Å². The van der Waals surface area contributed by atoms with Crippen molar-refractivity contribution in [3.8, 4) is 0 Å². The lowest BCUT2D eigenvalue weighted by Crippen LogP contribution is -2.41. The Morgan fingerprint density at radius 2 is 0.862 bits per heavy atom. The highest BCUT2D eigenvalue weighted by Crippen LogP contribution is 2.33. The summed E-state index contributed by atoms with van der Waals surface area (Å²) in [6.45, 7) is 14.2. The van der Waals surface area contributed by atoms with Gasteiger partial charge in [-0.05, 0) is 94.6 Å². The van der Waals surface area contributed by atoms with Gasteiger partial charge in [-0.3, -0.25) is 15.0 Å². The van der Waals surface area contributed by atoms with Crippen molar-refractivity contribution in [1.29, 1.82) is 0 Å². The summed E-state index contributed by atoms with van der Waals surface area (Å²) in [5, 5.41) is 7.70. The van der Waals surface area contributed by atoms with E-state index >= 15 is 0 Å². The molecule has 0 aliphatic carbocycles. The molecule has 0 radical (unpaired) electrons. The number of carbonyl (C=O) groups excluding carboxylic acids is 2. The fourth-order valence-electron chi connectivity index (χ4n) is 11.1. The first-order chi connectivity index (χ1) is 44.2. The van der Waals surface area contributed by atoms with E-state index in [2.05, 4.69) is 41.8 Å². The molecular weight excluding hydrogens is 1320 g/mol. The number of hydrogen-bond donors (Lipinski definition) is 4. The van der Waals surface area contributed by atoms with E-state index in [1.807, 2.05) is 133 Å². The van der Waals surface area contributed by atoms with E-state index in [9.17, 15) is 34.8 Å². The molecule has 9 aromatic rings. The Morgan fingerprint density at radius 1 is 0.500 bits per heavy atom. The first-order valence-electron chi connectivity index (χ1n) is 29.8. The van der Waals surface area contributed by atoms with Crippen molar-refractivity contribution in [2.45, 2.75) is 111 Å². The molecule has 0 unspecified atom stereocenters. The number of pyridine rings is 3.